The van der Waals surface area contributed by atoms with Gasteiger partial charge in [0.1, 0.15) is 0 Å². The predicted molar refractivity (Wildman–Crippen MR) is 53.5 cm³/mol. The van der Waals surface area contributed by atoms with Crippen LogP contribution in [0.2, 0.25) is 0 Å². The summed E-state index contributed by atoms with van der Waals surface area (Å²) in [6.45, 7) is 3.58. The van der Waals surface area contributed by atoms with Gasteiger partial charge in [-0.25, -0.2) is 0 Å². The van der Waals surface area contributed by atoms with Crippen molar-refractivity contribution in [1.82, 2.24) is 0 Å². The number of esters is 1. The van der Waals surface area contributed by atoms with E-state index in [1.165, 1.54) is 0 Å². The van der Waals surface area contributed by atoms with Crippen LogP contribution in [0.15, 0.2) is 24.3 Å². The number of carbonyl (C=O) groups is 1. The fraction of sp³-hybridized carbons (Fsp3) is 0.364. The molecule has 76 valence electrons. The van der Waals surface area contributed by atoms with Gasteiger partial charge < -0.3 is 9.47 Å². The highest BCUT2D eigenvalue weighted by molar-refractivity contribution is 5.75. The van der Waals surface area contributed by atoms with Gasteiger partial charge in [-0.3, -0.25) is 4.79 Å². The first kappa shape index (κ1) is 10.6. The highest BCUT2D eigenvalue weighted by Crippen LogP contribution is 2.26. The quantitative estimate of drug-likeness (QED) is 0.547. The third-order valence-corrected chi connectivity index (χ3v) is 1.75. The van der Waals surface area contributed by atoms with Gasteiger partial charge in [0.25, 0.3) is 0 Å². The van der Waals surface area contributed by atoms with Crippen molar-refractivity contribution < 1.29 is 14.3 Å². The summed E-state index contributed by atoms with van der Waals surface area (Å²) < 4.78 is 10.2. The van der Waals surface area contributed by atoms with Gasteiger partial charge in [-0.1, -0.05) is 26.0 Å². The van der Waals surface area contributed by atoms with Gasteiger partial charge in [-0.15, -0.1) is 0 Å². The first-order chi connectivity index (χ1) is 6.65. The zero-order valence-electron chi connectivity index (χ0n) is 8.61. The maximum absolute atomic E-state index is 11.3. The molecule has 1 aromatic carbocycles. The normalized spacial score (nSPS) is 10.0. The van der Waals surface area contributed by atoms with Crippen molar-refractivity contribution in [2.75, 3.05) is 7.11 Å². The summed E-state index contributed by atoms with van der Waals surface area (Å²) in [7, 11) is 1.54. The van der Waals surface area contributed by atoms with Crippen molar-refractivity contribution in [1.29, 1.82) is 0 Å². The lowest BCUT2D eigenvalue weighted by atomic mass is 10.2. The minimum absolute atomic E-state index is 0.139. The van der Waals surface area contributed by atoms with Crippen molar-refractivity contribution in [2.45, 2.75) is 13.8 Å². The number of methoxy groups -OCH3 is 1. The molecule has 0 saturated carbocycles. The molecule has 1 rings (SSSR count). The second-order valence-corrected chi connectivity index (χ2v) is 3.23. The van der Waals surface area contributed by atoms with Gasteiger partial charge in [0.2, 0.25) is 0 Å². The average molecular weight is 194 g/mol. The van der Waals surface area contributed by atoms with E-state index in [9.17, 15) is 4.79 Å². The van der Waals surface area contributed by atoms with Crippen LogP contribution in [0.25, 0.3) is 0 Å². The van der Waals surface area contributed by atoms with Crippen LogP contribution in [-0.2, 0) is 4.79 Å². The van der Waals surface area contributed by atoms with Crippen LogP contribution in [0, 0.1) is 5.92 Å². The van der Waals surface area contributed by atoms with Crippen molar-refractivity contribution in [3.05, 3.63) is 24.3 Å². The molecule has 14 heavy (non-hydrogen) atoms. The van der Waals surface area contributed by atoms with Gasteiger partial charge in [-0.2, -0.15) is 0 Å². The molecule has 0 bridgehead atoms. The largest absolute Gasteiger partial charge is 0.493 e. The molecular formula is C11H14O3. The standard InChI is InChI=1S/C11H14O3/c1-8(2)11(12)14-10-7-5-4-6-9(10)13-3/h4-8H,1-3H3. The van der Waals surface area contributed by atoms with E-state index in [2.05, 4.69) is 0 Å². The van der Waals surface area contributed by atoms with Crippen LogP contribution >= 0.6 is 0 Å². The summed E-state index contributed by atoms with van der Waals surface area (Å²) in [6, 6.07) is 7.08. The Morgan fingerprint density at radius 2 is 1.79 bits per heavy atom. The smallest absolute Gasteiger partial charge is 0.313 e. The molecule has 0 unspecified atom stereocenters. The number of carbonyl (C=O) groups excluding carboxylic acids is 1. The minimum Gasteiger partial charge on any atom is -0.493 e. The third kappa shape index (κ3) is 2.49. The molecule has 0 aliphatic heterocycles. The molecule has 0 N–H and O–H groups in total. The Bertz CT molecular complexity index is 318. The van der Waals surface area contributed by atoms with Crippen molar-refractivity contribution in [3.8, 4) is 11.5 Å². The van der Waals surface area contributed by atoms with Crippen molar-refractivity contribution in [2.24, 2.45) is 5.92 Å². The van der Waals surface area contributed by atoms with E-state index in [1.54, 1.807) is 39.2 Å². The second kappa shape index (κ2) is 4.65. The molecule has 0 aromatic heterocycles. The lowest BCUT2D eigenvalue weighted by Crippen LogP contribution is -2.15. The molecule has 1 aromatic rings. The maximum Gasteiger partial charge on any atom is 0.313 e. The van der Waals surface area contributed by atoms with E-state index < -0.39 is 0 Å². The van der Waals surface area contributed by atoms with E-state index in [-0.39, 0.29) is 11.9 Å². The second-order valence-electron chi connectivity index (χ2n) is 3.23. The molecule has 0 radical (unpaired) electrons. The Labute approximate surface area is 83.6 Å². The van der Waals surface area contributed by atoms with E-state index in [4.69, 9.17) is 9.47 Å². The molecule has 0 fully saturated rings. The number of benzene rings is 1. The summed E-state index contributed by atoms with van der Waals surface area (Å²) in [6.07, 6.45) is 0. The summed E-state index contributed by atoms with van der Waals surface area (Å²) in [5.74, 6) is 0.643. The monoisotopic (exact) mass is 194 g/mol. The molecule has 0 spiro atoms. The Balaban J connectivity index is 2.80. The Morgan fingerprint density at radius 1 is 1.21 bits per heavy atom. The molecule has 0 atom stereocenters. The molecule has 0 saturated heterocycles. The zero-order valence-corrected chi connectivity index (χ0v) is 8.61. The number of para-hydroxylation sites is 2. The highest BCUT2D eigenvalue weighted by atomic mass is 16.6. The summed E-state index contributed by atoms with van der Waals surface area (Å²) in [5, 5.41) is 0. The van der Waals surface area contributed by atoms with Crippen molar-refractivity contribution >= 4 is 5.97 Å². The Morgan fingerprint density at radius 3 is 2.29 bits per heavy atom. The molecule has 3 heteroatoms. The van der Waals surface area contributed by atoms with Gasteiger partial charge in [0.05, 0.1) is 13.0 Å². The fourth-order valence-corrected chi connectivity index (χ4v) is 0.929. The van der Waals surface area contributed by atoms with Gasteiger partial charge in [0, 0.05) is 0 Å². The zero-order chi connectivity index (χ0) is 10.6. The molecule has 0 heterocycles. The van der Waals surface area contributed by atoms with Gasteiger partial charge in [-0.05, 0) is 12.1 Å². The lowest BCUT2D eigenvalue weighted by Gasteiger charge is -2.09. The molecule has 0 aliphatic rings. The fourth-order valence-electron chi connectivity index (χ4n) is 0.929. The Kier molecular flexibility index (Phi) is 3.51. The minimum atomic E-state index is -0.255. The van der Waals surface area contributed by atoms with E-state index in [0.717, 1.165) is 0 Å². The number of hydrogen-bond donors (Lipinski definition) is 0. The molecular weight excluding hydrogens is 180 g/mol. The van der Waals surface area contributed by atoms with Crippen LogP contribution in [-0.4, -0.2) is 13.1 Å². The first-order valence-electron chi connectivity index (χ1n) is 4.50. The predicted octanol–water partition coefficient (Wildman–Crippen LogP) is 2.26. The molecule has 0 amide bonds. The maximum atomic E-state index is 11.3. The topological polar surface area (TPSA) is 35.5 Å². The van der Waals surface area contributed by atoms with Crippen LogP contribution in [0.1, 0.15) is 13.8 Å². The number of rotatable bonds is 3. The lowest BCUT2D eigenvalue weighted by molar-refractivity contribution is -0.137. The van der Waals surface area contributed by atoms with Gasteiger partial charge in [0.15, 0.2) is 11.5 Å². The van der Waals surface area contributed by atoms with Crippen molar-refractivity contribution in [3.63, 3.8) is 0 Å². The first-order valence-corrected chi connectivity index (χ1v) is 4.50. The number of hydrogen-bond acceptors (Lipinski definition) is 3. The van der Waals surface area contributed by atoms with Crippen LogP contribution in [0.3, 0.4) is 0 Å². The van der Waals surface area contributed by atoms with E-state index in [0.29, 0.717) is 11.5 Å². The van der Waals surface area contributed by atoms with Crippen LogP contribution in [0.4, 0.5) is 0 Å². The van der Waals surface area contributed by atoms with Crippen LogP contribution < -0.4 is 9.47 Å². The van der Waals surface area contributed by atoms with E-state index >= 15 is 0 Å². The number of ether oxygens (including phenoxy) is 2. The summed E-state index contributed by atoms with van der Waals surface area (Å²) >= 11 is 0. The molecule has 3 nitrogen and oxygen atoms in total. The van der Waals surface area contributed by atoms with Gasteiger partial charge >= 0.3 is 5.97 Å². The highest BCUT2D eigenvalue weighted by Gasteiger charge is 2.12. The SMILES string of the molecule is COc1ccccc1OC(=O)C(C)C. The summed E-state index contributed by atoms with van der Waals surface area (Å²) in [5.41, 5.74) is 0. The average Bonchev–Trinajstić information content (AvgIpc) is 2.18. The van der Waals surface area contributed by atoms with Crippen LogP contribution in [0.5, 0.6) is 11.5 Å². The Hall–Kier alpha value is -1.51. The molecule has 0 aliphatic carbocycles. The van der Waals surface area contributed by atoms with E-state index in [1.807, 2.05) is 6.07 Å². The third-order valence-electron chi connectivity index (χ3n) is 1.75. The summed E-state index contributed by atoms with van der Waals surface area (Å²) in [4.78, 5) is 11.3.